The summed E-state index contributed by atoms with van der Waals surface area (Å²) in [6.45, 7) is 16.8. The molecule has 0 aliphatic carbocycles. The molecule has 0 saturated carbocycles. The highest BCUT2D eigenvalue weighted by atomic mass is 16.4. The van der Waals surface area contributed by atoms with Crippen molar-refractivity contribution in [2.75, 3.05) is 26.2 Å². The maximum atomic E-state index is 14.8. The van der Waals surface area contributed by atoms with E-state index in [0.29, 0.717) is 32.2 Å². The minimum absolute atomic E-state index is 0.000209. The summed E-state index contributed by atoms with van der Waals surface area (Å²) < 4.78 is 0. The number of carbonyl (C=O) groups excluding carboxylic acids is 10. The summed E-state index contributed by atoms with van der Waals surface area (Å²) in [6.07, 6.45) is 5.13. The van der Waals surface area contributed by atoms with E-state index in [1.807, 2.05) is 45.9 Å². The van der Waals surface area contributed by atoms with E-state index in [0.717, 1.165) is 42.6 Å². The number of nitrogens with two attached hydrogens (primary N) is 3. The molecule has 12 atom stereocenters. The van der Waals surface area contributed by atoms with Crippen molar-refractivity contribution in [3.05, 3.63) is 35.9 Å². The van der Waals surface area contributed by atoms with Crippen LogP contribution in [-0.2, 0) is 59.2 Å². The second-order valence-corrected chi connectivity index (χ2v) is 24.7. The quantitative estimate of drug-likeness (QED) is 0.0253. The van der Waals surface area contributed by atoms with Gasteiger partial charge in [-0.25, -0.2) is 0 Å². The van der Waals surface area contributed by atoms with E-state index < -0.39 is 138 Å². The molecule has 494 valence electrons. The Morgan fingerprint density at radius 1 is 0.625 bits per heavy atom. The number of amides is 10. The van der Waals surface area contributed by atoms with Crippen molar-refractivity contribution in [2.24, 2.45) is 51.8 Å². The zero-order valence-electron chi connectivity index (χ0n) is 53.3. The molecule has 2 saturated heterocycles. The smallest absolute Gasteiger partial charge is 0.305 e. The predicted octanol–water partition coefficient (Wildman–Crippen LogP) is 1.38. The normalized spacial score (nSPS) is 18.8. The van der Waals surface area contributed by atoms with Gasteiger partial charge < -0.3 is 74.4 Å². The van der Waals surface area contributed by atoms with Gasteiger partial charge in [-0.1, -0.05) is 131 Å². The molecule has 15 N–H and O–H groups in total. The zero-order valence-corrected chi connectivity index (χ0v) is 53.3. The Bertz CT molecular complexity index is 2510. The number of aliphatic imine (C=N–C) groups is 1. The molecule has 1 aromatic carbocycles. The summed E-state index contributed by atoms with van der Waals surface area (Å²) in [6, 6.07) is -1.72. The number of primary amides is 1. The van der Waals surface area contributed by atoms with Gasteiger partial charge in [0.05, 0.1) is 18.4 Å². The number of aliphatic hydroxyl groups excluding tert-OH is 1. The minimum atomic E-state index is -1.81. The largest absolute Gasteiger partial charge is 0.481 e. The number of β-amino-alcohol motifs (C(OH)–C–C–N with tert-alkyl or cyclic N) is 1. The number of rotatable bonds is 38. The van der Waals surface area contributed by atoms with Gasteiger partial charge in [-0.15, -0.1) is 0 Å². The van der Waals surface area contributed by atoms with Crippen molar-refractivity contribution in [3.63, 3.8) is 0 Å². The number of guanidine groups is 1. The van der Waals surface area contributed by atoms with Crippen LogP contribution in [-0.4, -0.2) is 172 Å². The summed E-state index contributed by atoms with van der Waals surface area (Å²) in [5.41, 5.74) is 17.3. The first kappa shape index (κ1) is 74.9. The standard InChI is InChI=1S/C62H103N13O13/c1-10-13-14-15-19-26-49(77)74-28-21-24-41(34-74)54(81)68-45(31-40-22-17-16-18-23-40)57(84)69-44(29-36(4)5)56(83)71-47(30-37(6)7)61(88)75-35-42(76)32-48(75)59(86)73-52(39(9)12-3)60(87)70-46(33-50(78)79)58(85)67-43(25-20-27-66-62(64)65)55(82)72-51(53(63)80)38(8)11-2/h16-18,22-23,36-39,41-48,51-52,76H,10-15,19-21,24-35H2,1-9H3,(H2,63,80)(H,67,85)(H,68,81)(H,69,84)(H,70,87)(H,71,83)(H,72,82)(H,73,86)(H,78,79)(H4,64,65,66)/t38-,39-,41-,42+,43-,44+,45-,46-,47-,48-,51-,52-/m0/s1. The number of unbranched alkanes of at least 4 members (excludes halogenated alkanes) is 4. The Balaban J connectivity index is 1.87. The minimum Gasteiger partial charge on any atom is -0.481 e. The van der Waals surface area contributed by atoms with Gasteiger partial charge in [-0.05, 0) is 74.2 Å². The maximum Gasteiger partial charge on any atom is 0.305 e. The summed E-state index contributed by atoms with van der Waals surface area (Å²) in [7, 11) is 0. The second-order valence-electron chi connectivity index (χ2n) is 24.7. The van der Waals surface area contributed by atoms with Crippen molar-refractivity contribution < 1.29 is 63.0 Å². The average Bonchev–Trinajstić information content (AvgIpc) is 3.71. The molecule has 3 rings (SSSR count). The number of carboxylic acid groups (broad SMARTS) is 1. The fourth-order valence-corrected chi connectivity index (χ4v) is 10.9. The van der Waals surface area contributed by atoms with Gasteiger partial charge in [0.15, 0.2) is 5.96 Å². The summed E-state index contributed by atoms with van der Waals surface area (Å²) in [5.74, 6) is -10.8. The number of aliphatic carboxylic acids is 1. The lowest BCUT2D eigenvalue weighted by atomic mass is 9.95. The third-order valence-corrected chi connectivity index (χ3v) is 16.3. The van der Waals surface area contributed by atoms with Crippen LogP contribution < -0.4 is 54.4 Å². The second kappa shape index (κ2) is 38.1. The van der Waals surface area contributed by atoms with Crippen LogP contribution in [0.25, 0.3) is 0 Å². The van der Waals surface area contributed by atoms with Crippen LogP contribution >= 0.6 is 0 Å². The summed E-state index contributed by atoms with van der Waals surface area (Å²) in [4.78, 5) is 159. The van der Waals surface area contributed by atoms with Gasteiger partial charge in [-0.2, -0.15) is 0 Å². The third-order valence-electron chi connectivity index (χ3n) is 16.3. The van der Waals surface area contributed by atoms with E-state index >= 15 is 0 Å². The van der Waals surface area contributed by atoms with Crippen LogP contribution in [0.3, 0.4) is 0 Å². The lowest BCUT2D eigenvalue weighted by Gasteiger charge is -2.33. The van der Waals surface area contributed by atoms with Crippen molar-refractivity contribution in [2.45, 2.75) is 226 Å². The molecule has 0 bridgehead atoms. The Morgan fingerprint density at radius 3 is 1.80 bits per heavy atom. The predicted molar refractivity (Wildman–Crippen MR) is 332 cm³/mol. The van der Waals surface area contributed by atoms with Gasteiger partial charge in [-0.3, -0.25) is 57.7 Å². The van der Waals surface area contributed by atoms with E-state index in [1.165, 1.54) is 0 Å². The van der Waals surface area contributed by atoms with Crippen molar-refractivity contribution in [3.8, 4) is 0 Å². The summed E-state index contributed by atoms with van der Waals surface area (Å²) in [5, 5.41) is 39.8. The number of aliphatic hydroxyl groups is 1. The number of hydrogen-bond donors (Lipinski definition) is 12. The van der Waals surface area contributed by atoms with Gasteiger partial charge in [0.1, 0.15) is 48.3 Å². The summed E-state index contributed by atoms with van der Waals surface area (Å²) >= 11 is 0. The Hall–Kier alpha value is -7.38. The molecule has 26 heteroatoms. The van der Waals surface area contributed by atoms with Crippen molar-refractivity contribution >= 4 is 71.0 Å². The molecule has 88 heavy (non-hydrogen) atoms. The molecular weight excluding hydrogens is 1130 g/mol. The van der Waals surface area contributed by atoms with E-state index in [1.54, 1.807) is 44.7 Å². The lowest BCUT2D eigenvalue weighted by Crippen LogP contribution is -2.61. The number of benzene rings is 1. The molecule has 1 aromatic rings. The molecule has 10 amide bonds. The highest BCUT2D eigenvalue weighted by Gasteiger charge is 2.44. The van der Waals surface area contributed by atoms with E-state index in [2.05, 4.69) is 49.1 Å². The molecule has 0 aromatic heterocycles. The third kappa shape index (κ3) is 25.4. The first-order chi connectivity index (χ1) is 41.6. The zero-order chi connectivity index (χ0) is 65.8. The van der Waals surface area contributed by atoms with E-state index in [-0.39, 0.29) is 88.3 Å². The molecule has 2 fully saturated rings. The SMILES string of the molecule is CCCCCCCC(=O)N1CCC[C@H](C(=O)N[C@@H](Cc2ccccc2)C(=O)N[C@H](CC(C)C)C(=O)N[C@@H](CC(C)C)C(=O)N2C[C@H](O)C[C@H]2C(=O)N[C@H](C(=O)N[C@@H](CC(=O)O)C(=O)N[C@@H](CCCN=C(N)N)C(=O)N[C@H](C(N)=O)[C@@H](C)CC)[C@@H](C)CC)C1. The molecule has 0 radical (unpaired) electrons. The molecule has 0 unspecified atom stereocenters. The molecule has 2 aliphatic rings. The number of piperidine rings is 1. The fraction of sp³-hybridized carbons (Fsp3) is 0.710. The molecule has 2 heterocycles. The van der Waals surface area contributed by atoms with Crippen LogP contribution in [0.1, 0.15) is 171 Å². The number of nitrogens with one attached hydrogen (secondary N) is 7. The van der Waals surface area contributed by atoms with Crippen LogP contribution in [0.2, 0.25) is 0 Å². The lowest BCUT2D eigenvalue weighted by molar-refractivity contribution is -0.143. The number of carbonyl (C=O) groups is 11. The van der Waals surface area contributed by atoms with Gasteiger partial charge in [0.2, 0.25) is 59.1 Å². The highest BCUT2D eigenvalue weighted by Crippen LogP contribution is 2.24. The van der Waals surface area contributed by atoms with Gasteiger partial charge in [0.25, 0.3) is 0 Å². The number of nitrogens with zero attached hydrogens (tertiary/aromatic N) is 3. The molecular formula is C62H103N13O13. The van der Waals surface area contributed by atoms with Crippen LogP contribution in [0, 0.1) is 29.6 Å². The van der Waals surface area contributed by atoms with Crippen LogP contribution in [0.15, 0.2) is 35.3 Å². The van der Waals surface area contributed by atoms with Crippen molar-refractivity contribution in [1.29, 1.82) is 0 Å². The van der Waals surface area contributed by atoms with Crippen LogP contribution in [0.5, 0.6) is 0 Å². The monoisotopic (exact) mass is 1240 g/mol. The number of carboxylic acids is 1. The van der Waals surface area contributed by atoms with E-state index in [4.69, 9.17) is 17.2 Å². The van der Waals surface area contributed by atoms with Gasteiger partial charge >= 0.3 is 5.97 Å². The van der Waals surface area contributed by atoms with Gasteiger partial charge in [0, 0.05) is 45.4 Å². The molecule has 26 nitrogen and oxygen atoms in total. The van der Waals surface area contributed by atoms with Crippen molar-refractivity contribution in [1.82, 2.24) is 47.0 Å². The van der Waals surface area contributed by atoms with Crippen LogP contribution in [0.4, 0.5) is 0 Å². The first-order valence-electron chi connectivity index (χ1n) is 31.6. The fourth-order valence-electron chi connectivity index (χ4n) is 10.9. The maximum absolute atomic E-state index is 14.8. The number of hydrogen-bond acceptors (Lipinski definition) is 13. The number of likely N-dealkylation sites (tertiary alicyclic amines) is 2. The molecule has 0 spiro atoms. The topological polar surface area (TPSA) is 409 Å². The highest BCUT2D eigenvalue weighted by molar-refractivity contribution is 5.99. The first-order valence-corrected chi connectivity index (χ1v) is 31.6. The Morgan fingerprint density at radius 2 is 1.19 bits per heavy atom. The Labute approximate surface area is 519 Å². The van der Waals surface area contributed by atoms with E-state index in [9.17, 15) is 63.0 Å². The average molecular weight is 1240 g/mol. The molecule has 2 aliphatic heterocycles. The Kier molecular flexibility index (Phi) is 32.4.